The molecule has 0 spiro atoms. The molecule has 0 atom stereocenters. The number of carbonyl (C=O) groups is 3. The molecule has 146 valence electrons. The van der Waals surface area contributed by atoms with Gasteiger partial charge in [0.05, 0.1) is 17.7 Å². The van der Waals surface area contributed by atoms with Gasteiger partial charge in [-0.15, -0.1) is 10.2 Å². The molecule has 0 radical (unpaired) electrons. The van der Waals surface area contributed by atoms with Gasteiger partial charge in [-0.2, -0.15) is 0 Å². The van der Waals surface area contributed by atoms with Gasteiger partial charge >= 0.3 is 0 Å². The Morgan fingerprint density at radius 2 is 1.76 bits per heavy atom. The van der Waals surface area contributed by atoms with Gasteiger partial charge in [-0.3, -0.25) is 19.3 Å². The van der Waals surface area contributed by atoms with Crippen LogP contribution in [0.1, 0.15) is 38.6 Å². The second kappa shape index (κ2) is 7.67. The molecule has 0 fully saturated rings. The maximum Gasteiger partial charge on any atom is 0.261 e. The van der Waals surface area contributed by atoms with E-state index in [2.05, 4.69) is 15.5 Å². The number of carbonyl (C=O) groups excluding carboxylic acids is 3. The minimum Gasteiger partial charge on any atom is -0.419 e. The summed E-state index contributed by atoms with van der Waals surface area (Å²) in [6.45, 7) is 2.05. The normalized spacial score (nSPS) is 12.9. The molecule has 2 heterocycles. The average Bonchev–Trinajstić information content (AvgIpc) is 3.29. The van der Waals surface area contributed by atoms with Crippen molar-refractivity contribution in [1.29, 1.82) is 0 Å². The van der Waals surface area contributed by atoms with Crippen molar-refractivity contribution in [3.8, 4) is 11.5 Å². The predicted molar refractivity (Wildman–Crippen MR) is 103 cm³/mol. The number of fused-ring (bicyclic) bond motifs is 1. The van der Waals surface area contributed by atoms with Gasteiger partial charge < -0.3 is 9.73 Å². The van der Waals surface area contributed by atoms with Crippen LogP contribution >= 0.6 is 0 Å². The highest BCUT2D eigenvalue weighted by atomic mass is 16.4. The maximum absolute atomic E-state index is 12.3. The monoisotopic (exact) mass is 390 g/mol. The molecule has 2 aromatic carbocycles. The van der Waals surface area contributed by atoms with Gasteiger partial charge in [0.1, 0.15) is 0 Å². The molecule has 3 aromatic rings. The van der Waals surface area contributed by atoms with Crippen molar-refractivity contribution in [1.82, 2.24) is 20.4 Å². The van der Waals surface area contributed by atoms with Crippen LogP contribution in [0.5, 0.6) is 0 Å². The van der Waals surface area contributed by atoms with Crippen LogP contribution in [-0.2, 0) is 11.3 Å². The Labute approximate surface area is 166 Å². The molecule has 1 aromatic heterocycles. The molecule has 8 heteroatoms. The lowest BCUT2D eigenvalue weighted by Crippen LogP contribution is -2.34. The van der Waals surface area contributed by atoms with Gasteiger partial charge in [-0.1, -0.05) is 29.8 Å². The summed E-state index contributed by atoms with van der Waals surface area (Å²) in [5.41, 5.74) is 2.62. The number of rotatable bonds is 6. The highest BCUT2D eigenvalue weighted by molar-refractivity contribution is 6.21. The first-order valence-corrected chi connectivity index (χ1v) is 9.14. The molecule has 0 saturated carbocycles. The molecule has 0 unspecified atom stereocenters. The largest absolute Gasteiger partial charge is 0.419 e. The summed E-state index contributed by atoms with van der Waals surface area (Å²) in [5.74, 6) is -0.424. The Balaban J connectivity index is 1.30. The quantitative estimate of drug-likeness (QED) is 0.648. The molecule has 1 aliphatic heterocycles. The summed E-state index contributed by atoms with van der Waals surface area (Å²) in [7, 11) is 0. The van der Waals surface area contributed by atoms with Crippen LogP contribution < -0.4 is 5.32 Å². The van der Waals surface area contributed by atoms with Crippen molar-refractivity contribution < 1.29 is 18.8 Å². The van der Waals surface area contributed by atoms with Crippen LogP contribution in [-0.4, -0.2) is 39.4 Å². The average molecular weight is 390 g/mol. The van der Waals surface area contributed by atoms with Gasteiger partial charge in [0.15, 0.2) is 0 Å². The number of aromatic nitrogens is 2. The first kappa shape index (κ1) is 18.5. The fourth-order valence-electron chi connectivity index (χ4n) is 3.14. The van der Waals surface area contributed by atoms with Crippen LogP contribution in [0, 0.1) is 6.92 Å². The molecule has 8 nitrogen and oxygen atoms in total. The number of nitrogens with one attached hydrogen (secondary N) is 1. The second-order valence-corrected chi connectivity index (χ2v) is 6.70. The molecule has 0 bridgehead atoms. The minimum atomic E-state index is -0.377. The number of amides is 3. The van der Waals surface area contributed by atoms with E-state index < -0.39 is 0 Å². The topological polar surface area (TPSA) is 105 Å². The molecular weight excluding hydrogens is 372 g/mol. The summed E-state index contributed by atoms with van der Waals surface area (Å²) in [4.78, 5) is 37.8. The maximum atomic E-state index is 12.3. The number of hydrogen-bond donors (Lipinski definition) is 1. The third-order valence-corrected chi connectivity index (χ3v) is 4.61. The smallest absolute Gasteiger partial charge is 0.261 e. The number of aryl methyl sites for hydroxylation is 1. The SMILES string of the molecule is Cc1cccc(-c2nnc(CNC(=O)CCN3C(=O)c4ccccc4C3=O)o2)c1. The Bertz CT molecular complexity index is 1070. The fourth-order valence-corrected chi connectivity index (χ4v) is 3.14. The number of nitrogens with zero attached hydrogens (tertiary/aromatic N) is 3. The van der Waals surface area contributed by atoms with Crippen molar-refractivity contribution in [2.75, 3.05) is 6.54 Å². The Morgan fingerprint density at radius 1 is 1.03 bits per heavy atom. The van der Waals surface area contributed by atoms with Crippen molar-refractivity contribution >= 4 is 17.7 Å². The van der Waals surface area contributed by atoms with Gasteiger partial charge in [0, 0.05) is 18.5 Å². The summed E-state index contributed by atoms with van der Waals surface area (Å²) in [5, 5.41) is 10.6. The molecule has 0 aliphatic carbocycles. The highest BCUT2D eigenvalue weighted by Gasteiger charge is 2.34. The van der Waals surface area contributed by atoms with Gasteiger partial charge in [-0.05, 0) is 31.2 Å². The van der Waals surface area contributed by atoms with E-state index in [0.717, 1.165) is 16.0 Å². The van der Waals surface area contributed by atoms with Crippen LogP contribution in [0.15, 0.2) is 52.9 Å². The Hall–Kier alpha value is -3.81. The van der Waals surface area contributed by atoms with Crippen molar-refractivity contribution in [2.45, 2.75) is 19.9 Å². The first-order chi connectivity index (χ1) is 14.0. The molecule has 1 aliphatic rings. The highest BCUT2D eigenvalue weighted by Crippen LogP contribution is 2.22. The fraction of sp³-hybridized carbons (Fsp3) is 0.190. The van der Waals surface area contributed by atoms with Crippen LogP contribution in [0.2, 0.25) is 0 Å². The van der Waals surface area contributed by atoms with E-state index in [4.69, 9.17) is 4.42 Å². The molecule has 29 heavy (non-hydrogen) atoms. The lowest BCUT2D eigenvalue weighted by molar-refractivity contribution is -0.121. The summed E-state index contributed by atoms with van der Waals surface area (Å²) in [6.07, 6.45) is -0.00958. The van der Waals surface area contributed by atoms with E-state index in [0.29, 0.717) is 17.0 Å². The van der Waals surface area contributed by atoms with E-state index in [1.54, 1.807) is 24.3 Å². The summed E-state index contributed by atoms with van der Waals surface area (Å²) < 4.78 is 5.57. The zero-order valence-electron chi connectivity index (χ0n) is 15.7. The minimum absolute atomic E-state index is 0.00958. The molecular formula is C21H18N4O4. The van der Waals surface area contributed by atoms with Gasteiger partial charge in [0.25, 0.3) is 11.8 Å². The molecule has 1 N–H and O–H groups in total. The van der Waals surface area contributed by atoms with Crippen LogP contribution in [0.4, 0.5) is 0 Å². The van der Waals surface area contributed by atoms with Crippen LogP contribution in [0.25, 0.3) is 11.5 Å². The predicted octanol–water partition coefficient (Wildman–Crippen LogP) is 2.35. The number of imide groups is 1. The summed E-state index contributed by atoms with van der Waals surface area (Å²) in [6, 6.07) is 14.3. The third kappa shape index (κ3) is 3.77. The van der Waals surface area contributed by atoms with E-state index >= 15 is 0 Å². The zero-order valence-corrected chi connectivity index (χ0v) is 15.7. The lowest BCUT2D eigenvalue weighted by Gasteiger charge is -2.13. The number of benzene rings is 2. The molecule has 4 rings (SSSR count). The van der Waals surface area contributed by atoms with Crippen molar-refractivity contribution in [3.05, 3.63) is 71.1 Å². The second-order valence-electron chi connectivity index (χ2n) is 6.70. The number of hydrogen-bond acceptors (Lipinski definition) is 6. The van der Waals surface area contributed by atoms with E-state index in [9.17, 15) is 14.4 Å². The third-order valence-electron chi connectivity index (χ3n) is 4.61. The first-order valence-electron chi connectivity index (χ1n) is 9.14. The lowest BCUT2D eigenvalue weighted by atomic mass is 10.1. The standard InChI is InChI=1S/C21H18N4O4/c1-13-5-4-6-14(11-13)19-24-23-18(29-19)12-22-17(26)9-10-25-20(27)15-7-2-3-8-16(15)21(25)28/h2-8,11H,9-10,12H2,1H3,(H,22,26). The van der Waals surface area contributed by atoms with E-state index in [1.165, 1.54) is 0 Å². The zero-order chi connectivity index (χ0) is 20.4. The van der Waals surface area contributed by atoms with Crippen molar-refractivity contribution in [3.63, 3.8) is 0 Å². The van der Waals surface area contributed by atoms with Crippen molar-refractivity contribution in [2.24, 2.45) is 0 Å². The van der Waals surface area contributed by atoms with Crippen LogP contribution in [0.3, 0.4) is 0 Å². The Kier molecular flexibility index (Phi) is 4.90. The molecule has 0 saturated heterocycles. The molecule has 3 amide bonds. The van der Waals surface area contributed by atoms with E-state index in [1.807, 2.05) is 31.2 Å². The van der Waals surface area contributed by atoms with E-state index in [-0.39, 0.29) is 43.1 Å². The van der Waals surface area contributed by atoms with Gasteiger partial charge in [-0.25, -0.2) is 0 Å². The van der Waals surface area contributed by atoms with Gasteiger partial charge in [0.2, 0.25) is 17.7 Å². The Morgan fingerprint density at radius 3 is 2.45 bits per heavy atom. The summed E-state index contributed by atoms with van der Waals surface area (Å²) >= 11 is 0.